The highest BCUT2D eigenvalue weighted by Crippen LogP contribution is 2.25. The molecule has 0 aliphatic heterocycles. The van der Waals surface area contributed by atoms with Gasteiger partial charge >= 0.3 is 0 Å². The molecule has 0 radical (unpaired) electrons. The van der Waals surface area contributed by atoms with Crippen molar-refractivity contribution in [2.45, 2.75) is 46.3 Å². The SMILES string of the molecule is CCc1nn(CC)c(CC(O)c2ncc(C)cn2)c1Cl. The summed E-state index contributed by atoms with van der Waals surface area (Å²) in [7, 11) is 0. The molecule has 2 aromatic rings. The van der Waals surface area contributed by atoms with E-state index in [-0.39, 0.29) is 0 Å². The number of hydrogen-bond acceptors (Lipinski definition) is 4. The first kappa shape index (κ1) is 14.9. The normalized spacial score (nSPS) is 12.7. The Kier molecular flexibility index (Phi) is 4.73. The Hall–Kier alpha value is -1.46. The van der Waals surface area contributed by atoms with Gasteiger partial charge in [-0.15, -0.1) is 0 Å². The average Bonchev–Trinajstić information content (AvgIpc) is 2.76. The molecule has 2 aromatic heterocycles. The molecule has 6 heteroatoms. The summed E-state index contributed by atoms with van der Waals surface area (Å²) in [5.41, 5.74) is 2.66. The molecule has 0 amide bonds. The van der Waals surface area contributed by atoms with Crippen LogP contribution in [0.25, 0.3) is 0 Å². The maximum Gasteiger partial charge on any atom is 0.157 e. The molecule has 0 saturated carbocycles. The molecule has 0 aliphatic carbocycles. The largest absolute Gasteiger partial charge is 0.385 e. The average molecular weight is 295 g/mol. The molecule has 5 nitrogen and oxygen atoms in total. The number of aromatic nitrogens is 4. The maximum atomic E-state index is 10.3. The van der Waals surface area contributed by atoms with Crippen LogP contribution in [0.1, 0.15) is 42.7 Å². The quantitative estimate of drug-likeness (QED) is 0.920. The summed E-state index contributed by atoms with van der Waals surface area (Å²) >= 11 is 6.33. The summed E-state index contributed by atoms with van der Waals surface area (Å²) < 4.78 is 1.83. The molecular formula is C14H19ClN4O. The van der Waals surface area contributed by atoms with Crippen LogP contribution in [0.2, 0.25) is 5.02 Å². The van der Waals surface area contributed by atoms with Gasteiger partial charge in [-0.25, -0.2) is 9.97 Å². The molecule has 108 valence electrons. The van der Waals surface area contributed by atoms with Crippen molar-refractivity contribution < 1.29 is 5.11 Å². The monoisotopic (exact) mass is 294 g/mol. The van der Waals surface area contributed by atoms with Gasteiger partial charge in [0.1, 0.15) is 6.10 Å². The topological polar surface area (TPSA) is 63.8 Å². The zero-order valence-electron chi connectivity index (χ0n) is 12.0. The van der Waals surface area contributed by atoms with Crippen molar-refractivity contribution in [3.63, 3.8) is 0 Å². The van der Waals surface area contributed by atoms with E-state index >= 15 is 0 Å². The van der Waals surface area contributed by atoms with E-state index in [1.165, 1.54) is 0 Å². The standard InChI is InChI=1S/C14H19ClN4O/c1-4-10-13(15)11(19(5-2)18-10)6-12(20)14-16-7-9(3)8-17-14/h7-8,12,20H,4-6H2,1-3H3. The number of aryl methyl sites for hydroxylation is 3. The van der Waals surface area contributed by atoms with Crippen molar-refractivity contribution in [3.05, 3.63) is 40.2 Å². The Balaban J connectivity index is 2.25. The Morgan fingerprint density at radius 3 is 2.50 bits per heavy atom. The predicted molar refractivity (Wildman–Crippen MR) is 77.7 cm³/mol. The molecule has 0 fully saturated rings. The highest BCUT2D eigenvalue weighted by Gasteiger charge is 2.20. The second-order valence-electron chi connectivity index (χ2n) is 4.72. The van der Waals surface area contributed by atoms with Crippen LogP contribution >= 0.6 is 11.6 Å². The van der Waals surface area contributed by atoms with Crippen LogP contribution < -0.4 is 0 Å². The van der Waals surface area contributed by atoms with E-state index in [4.69, 9.17) is 11.6 Å². The second-order valence-corrected chi connectivity index (χ2v) is 5.09. The molecule has 1 unspecified atom stereocenters. The lowest BCUT2D eigenvalue weighted by atomic mass is 10.1. The fraction of sp³-hybridized carbons (Fsp3) is 0.500. The van der Waals surface area contributed by atoms with E-state index in [0.717, 1.165) is 29.9 Å². The van der Waals surface area contributed by atoms with Gasteiger partial charge in [0.25, 0.3) is 0 Å². The van der Waals surface area contributed by atoms with Gasteiger partial charge in [0.05, 0.1) is 16.4 Å². The van der Waals surface area contributed by atoms with E-state index in [0.29, 0.717) is 17.3 Å². The molecule has 0 saturated heterocycles. The van der Waals surface area contributed by atoms with Crippen LogP contribution in [0.5, 0.6) is 0 Å². The molecule has 0 spiro atoms. The molecule has 2 rings (SSSR count). The lowest BCUT2D eigenvalue weighted by Gasteiger charge is -2.11. The van der Waals surface area contributed by atoms with Gasteiger partial charge in [-0.3, -0.25) is 4.68 Å². The first-order chi connectivity index (χ1) is 9.56. The van der Waals surface area contributed by atoms with Crippen molar-refractivity contribution in [1.82, 2.24) is 19.7 Å². The Morgan fingerprint density at radius 1 is 1.30 bits per heavy atom. The zero-order chi connectivity index (χ0) is 14.7. The first-order valence-corrected chi connectivity index (χ1v) is 7.15. The maximum absolute atomic E-state index is 10.3. The van der Waals surface area contributed by atoms with Crippen LogP contribution in [0.15, 0.2) is 12.4 Å². The lowest BCUT2D eigenvalue weighted by molar-refractivity contribution is 0.165. The highest BCUT2D eigenvalue weighted by atomic mass is 35.5. The van der Waals surface area contributed by atoms with Crippen LogP contribution in [0.3, 0.4) is 0 Å². The number of rotatable bonds is 5. The summed E-state index contributed by atoms with van der Waals surface area (Å²) in [5.74, 6) is 0.411. The van der Waals surface area contributed by atoms with Crippen molar-refractivity contribution in [2.24, 2.45) is 0 Å². The second kappa shape index (κ2) is 6.33. The van der Waals surface area contributed by atoms with Crippen molar-refractivity contribution in [3.8, 4) is 0 Å². The van der Waals surface area contributed by atoms with Crippen molar-refractivity contribution in [1.29, 1.82) is 0 Å². The molecule has 1 atom stereocenters. The Morgan fingerprint density at radius 2 is 1.95 bits per heavy atom. The van der Waals surface area contributed by atoms with E-state index in [1.807, 2.05) is 25.5 Å². The van der Waals surface area contributed by atoms with Gasteiger partial charge < -0.3 is 5.11 Å². The van der Waals surface area contributed by atoms with E-state index < -0.39 is 6.10 Å². The van der Waals surface area contributed by atoms with Gasteiger partial charge in [-0.05, 0) is 25.8 Å². The summed E-state index contributed by atoms with van der Waals surface area (Å²) in [6.45, 7) is 6.64. The lowest BCUT2D eigenvalue weighted by Crippen LogP contribution is -2.11. The van der Waals surface area contributed by atoms with Gasteiger partial charge in [0, 0.05) is 25.4 Å². The summed E-state index contributed by atoms with van der Waals surface area (Å²) in [4.78, 5) is 8.31. The minimum atomic E-state index is -0.778. The third kappa shape index (κ3) is 2.99. The number of aliphatic hydroxyl groups is 1. The number of halogens is 1. The molecule has 2 heterocycles. The molecule has 0 aliphatic rings. The van der Waals surface area contributed by atoms with Crippen LogP contribution in [-0.4, -0.2) is 24.9 Å². The highest BCUT2D eigenvalue weighted by molar-refractivity contribution is 6.31. The summed E-state index contributed by atoms with van der Waals surface area (Å²) in [6.07, 6.45) is 3.75. The Labute approximate surface area is 123 Å². The smallest absolute Gasteiger partial charge is 0.157 e. The molecular weight excluding hydrogens is 276 g/mol. The minimum Gasteiger partial charge on any atom is -0.385 e. The molecule has 0 aromatic carbocycles. The zero-order valence-corrected chi connectivity index (χ0v) is 12.7. The van der Waals surface area contributed by atoms with Crippen LogP contribution in [-0.2, 0) is 19.4 Å². The van der Waals surface area contributed by atoms with E-state index in [2.05, 4.69) is 15.1 Å². The molecule has 1 N–H and O–H groups in total. The van der Waals surface area contributed by atoms with Crippen molar-refractivity contribution in [2.75, 3.05) is 0 Å². The fourth-order valence-corrected chi connectivity index (χ4v) is 2.41. The number of nitrogens with zero attached hydrogens (tertiary/aromatic N) is 4. The van der Waals surface area contributed by atoms with E-state index in [9.17, 15) is 5.11 Å². The molecule has 0 bridgehead atoms. The predicted octanol–water partition coefficient (Wildman–Crippen LogP) is 2.49. The molecule has 20 heavy (non-hydrogen) atoms. The summed E-state index contributed by atoms with van der Waals surface area (Å²) in [6, 6.07) is 0. The number of aliphatic hydroxyl groups excluding tert-OH is 1. The minimum absolute atomic E-state index is 0.364. The Bertz CT molecular complexity index is 580. The van der Waals surface area contributed by atoms with Crippen LogP contribution in [0.4, 0.5) is 0 Å². The number of hydrogen-bond donors (Lipinski definition) is 1. The summed E-state index contributed by atoms with van der Waals surface area (Å²) in [5, 5.41) is 15.3. The van der Waals surface area contributed by atoms with Gasteiger partial charge in [0.15, 0.2) is 5.82 Å². The first-order valence-electron chi connectivity index (χ1n) is 6.77. The van der Waals surface area contributed by atoms with Gasteiger partial charge in [-0.1, -0.05) is 18.5 Å². The van der Waals surface area contributed by atoms with Crippen molar-refractivity contribution >= 4 is 11.6 Å². The van der Waals surface area contributed by atoms with Gasteiger partial charge in [-0.2, -0.15) is 5.10 Å². The third-order valence-corrected chi connectivity index (χ3v) is 3.62. The van der Waals surface area contributed by atoms with Gasteiger partial charge in [0.2, 0.25) is 0 Å². The van der Waals surface area contributed by atoms with Crippen LogP contribution in [0, 0.1) is 6.92 Å². The third-order valence-electron chi connectivity index (χ3n) is 3.18. The fourth-order valence-electron chi connectivity index (χ4n) is 2.06. The van der Waals surface area contributed by atoms with E-state index in [1.54, 1.807) is 12.4 Å².